The predicted octanol–water partition coefficient (Wildman–Crippen LogP) is 14.7. The minimum atomic E-state index is -0.0823. The van der Waals surface area contributed by atoms with Crippen molar-refractivity contribution in [3.63, 3.8) is 0 Å². The molecular weight excluding hydrogens is 703 g/mol. The lowest BCUT2D eigenvalue weighted by Gasteiger charge is -2.28. The Labute approximate surface area is 338 Å². The first kappa shape index (κ1) is 33.9. The molecule has 1 aliphatic carbocycles. The van der Waals surface area contributed by atoms with Gasteiger partial charge in [-0.1, -0.05) is 159 Å². The van der Waals surface area contributed by atoms with Gasteiger partial charge in [0.05, 0.1) is 22.4 Å². The first-order valence-corrected chi connectivity index (χ1v) is 20.0. The minimum absolute atomic E-state index is 0.0823. The maximum absolute atomic E-state index is 5.38. The van der Waals surface area contributed by atoms with Gasteiger partial charge in [-0.25, -0.2) is 9.97 Å². The molecule has 0 N–H and O–H groups in total. The summed E-state index contributed by atoms with van der Waals surface area (Å²) in [4.78, 5) is 13.0. The fraction of sp³-hybridized carbons (Fsp3) is 0.0545. The number of hydrogen-bond donors (Lipinski definition) is 0. The maximum Gasteiger partial charge on any atom is 0.0973 e. The predicted molar refractivity (Wildman–Crippen MR) is 243 cm³/mol. The number of benzene rings is 9. The van der Waals surface area contributed by atoms with Crippen molar-refractivity contribution in [3.8, 4) is 44.8 Å². The van der Waals surface area contributed by atoms with E-state index in [2.05, 4.69) is 207 Å². The Morgan fingerprint density at radius 1 is 0.379 bits per heavy atom. The molecule has 0 fully saturated rings. The van der Waals surface area contributed by atoms with Gasteiger partial charge in [-0.05, 0) is 104 Å². The van der Waals surface area contributed by atoms with Crippen LogP contribution in [0.25, 0.3) is 77.3 Å². The third-order valence-corrected chi connectivity index (χ3v) is 12.0. The van der Waals surface area contributed by atoms with Gasteiger partial charge in [-0.3, -0.25) is 0 Å². The molecular formula is C55H39N3. The molecule has 1 heterocycles. The molecule has 3 nitrogen and oxygen atoms in total. The molecule has 0 amide bonds. The molecule has 0 atom stereocenters. The smallest absolute Gasteiger partial charge is 0.0973 e. The van der Waals surface area contributed by atoms with Crippen LogP contribution >= 0.6 is 0 Å². The second kappa shape index (κ2) is 13.4. The molecule has 58 heavy (non-hydrogen) atoms. The molecule has 0 bridgehead atoms. The molecule has 10 aromatic rings. The molecule has 11 rings (SSSR count). The third kappa shape index (κ3) is 5.58. The SMILES string of the molecule is CC1(C)c2ccccc2-c2ccc(N(c3ccccc3)c3ccc4cc(-c5ccc6ccc7nc(-c8ccccc8)c(-c8ccccc8)nc7c6c5)ccc4c3)cc21. The molecule has 0 unspecified atom stereocenters. The van der Waals surface area contributed by atoms with Crippen LogP contribution in [-0.2, 0) is 5.41 Å². The van der Waals surface area contributed by atoms with Crippen molar-refractivity contribution in [3.05, 3.63) is 211 Å². The first-order valence-electron chi connectivity index (χ1n) is 20.0. The molecule has 9 aromatic carbocycles. The van der Waals surface area contributed by atoms with E-state index < -0.39 is 0 Å². The Balaban J connectivity index is 0.996. The van der Waals surface area contributed by atoms with E-state index in [1.54, 1.807) is 0 Å². The van der Waals surface area contributed by atoms with Gasteiger partial charge in [0.15, 0.2) is 0 Å². The van der Waals surface area contributed by atoms with Crippen molar-refractivity contribution < 1.29 is 0 Å². The summed E-state index contributed by atoms with van der Waals surface area (Å²) in [5, 5.41) is 4.61. The standard InChI is InChI=1S/C55H39N3/c1-55(2)49-21-13-12-20-46(49)47-30-29-45(35-50(47)55)58(43-18-10-5-11-19-43)44-28-26-40-32-39(24-25-41(40)33-44)42-23-22-36-27-31-51-54(48(36)34-42)57-53(38-16-8-4-9-17-38)52(56-51)37-14-6-3-7-15-37/h3-35H,1-2H3. The molecule has 0 spiro atoms. The highest BCUT2D eigenvalue weighted by Crippen LogP contribution is 2.50. The highest BCUT2D eigenvalue weighted by Gasteiger charge is 2.35. The van der Waals surface area contributed by atoms with E-state index in [1.165, 1.54) is 33.0 Å². The second-order valence-corrected chi connectivity index (χ2v) is 15.8. The summed E-state index contributed by atoms with van der Waals surface area (Å²) in [5.41, 5.74) is 16.7. The van der Waals surface area contributed by atoms with Crippen molar-refractivity contribution in [2.75, 3.05) is 4.90 Å². The molecule has 1 aromatic heterocycles. The van der Waals surface area contributed by atoms with Crippen LogP contribution in [-0.4, -0.2) is 9.97 Å². The van der Waals surface area contributed by atoms with Crippen LogP contribution in [0.4, 0.5) is 17.1 Å². The van der Waals surface area contributed by atoms with E-state index in [4.69, 9.17) is 9.97 Å². The summed E-state index contributed by atoms with van der Waals surface area (Å²) in [6, 6.07) is 71.9. The van der Waals surface area contributed by atoms with E-state index in [9.17, 15) is 0 Å². The minimum Gasteiger partial charge on any atom is -0.310 e. The Hall–Kier alpha value is -7.36. The van der Waals surface area contributed by atoms with Gasteiger partial charge >= 0.3 is 0 Å². The Morgan fingerprint density at radius 2 is 0.931 bits per heavy atom. The molecule has 0 saturated heterocycles. The van der Waals surface area contributed by atoms with Gasteiger partial charge in [-0.15, -0.1) is 0 Å². The van der Waals surface area contributed by atoms with Crippen molar-refractivity contribution in [2.24, 2.45) is 0 Å². The fourth-order valence-corrected chi connectivity index (χ4v) is 9.02. The van der Waals surface area contributed by atoms with Gasteiger partial charge in [0.25, 0.3) is 0 Å². The number of aromatic nitrogens is 2. The van der Waals surface area contributed by atoms with Gasteiger partial charge in [0.2, 0.25) is 0 Å². The zero-order valence-electron chi connectivity index (χ0n) is 32.4. The highest BCUT2D eigenvalue weighted by molar-refractivity contribution is 6.07. The van der Waals surface area contributed by atoms with Crippen LogP contribution in [0.15, 0.2) is 200 Å². The summed E-state index contributed by atoms with van der Waals surface area (Å²) < 4.78 is 0. The number of nitrogens with zero attached hydrogens (tertiary/aromatic N) is 3. The average molecular weight is 742 g/mol. The van der Waals surface area contributed by atoms with Crippen LogP contribution < -0.4 is 4.90 Å². The topological polar surface area (TPSA) is 29.0 Å². The van der Waals surface area contributed by atoms with Crippen LogP contribution in [0, 0.1) is 0 Å². The first-order chi connectivity index (χ1) is 28.5. The van der Waals surface area contributed by atoms with Crippen molar-refractivity contribution in [2.45, 2.75) is 19.3 Å². The van der Waals surface area contributed by atoms with E-state index >= 15 is 0 Å². The summed E-state index contributed by atoms with van der Waals surface area (Å²) >= 11 is 0. The average Bonchev–Trinajstić information content (AvgIpc) is 3.51. The monoisotopic (exact) mass is 741 g/mol. The lowest BCUT2D eigenvalue weighted by molar-refractivity contribution is 0.660. The normalized spacial score (nSPS) is 12.8. The van der Waals surface area contributed by atoms with Crippen LogP contribution in [0.2, 0.25) is 0 Å². The van der Waals surface area contributed by atoms with E-state index in [0.717, 1.165) is 72.5 Å². The number of hydrogen-bond acceptors (Lipinski definition) is 3. The summed E-state index contributed by atoms with van der Waals surface area (Å²) in [7, 11) is 0. The van der Waals surface area contributed by atoms with Crippen molar-refractivity contribution in [1.82, 2.24) is 9.97 Å². The second-order valence-electron chi connectivity index (χ2n) is 15.8. The molecule has 0 saturated carbocycles. The molecule has 1 aliphatic rings. The lowest BCUT2D eigenvalue weighted by atomic mass is 9.82. The highest BCUT2D eigenvalue weighted by atomic mass is 15.1. The molecule has 274 valence electrons. The Kier molecular flexibility index (Phi) is 7.84. The van der Waals surface area contributed by atoms with Gasteiger partial charge in [0, 0.05) is 39.0 Å². The quantitative estimate of drug-likeness (QED) is 0.159. The Bertz CT molecular complexity index is 3190. The largest absolute Gasteiger partial charge is 0.310 e. The zero-order valence-corrected chi connectivity index (χ0v) is 32.4. The van der Waals surface area contributed by atoms with E-state index in [1.807, 2.05) is 12.1 Å². The summed E-state index contributed by atoms with van der Waals surface area (Å²) in [6.45, 7) is 4.69. The number of para-hydroxylation sites is 1. The fourth-order valence-electron chi connectivity index (χ4n) is 9.02. The molecule has 0 aliphatic heterocycles. The van der Waals surface area contributed by atoms with Crippen molar-refractivity contribution in [1.29, 1.82) is 0 Å². The number of fused-ring (bicyclic) bond motifs is 7. The number of anilines is 3. The van der Waals surface area contributed by atoms with E-state index in [-0.39, 0.29) is 5.41 Å². The summed E-state index contributed by atoms with van der Waals surface area (Å²) in [5.74, 6) is 0. The lowest BCUT2D eigenvalue weighted by Crippen LogP contribution is -2.16. The van der Waals surface area contributed by atoms with Crippen LogP contribution in [0.3, 0.4) is 0 Å². The van der Waals surface area contributed by atoms with E-state index in [0.29, 0.717) is 0 Å². The van der Waals surface area contributed by atoms with Gasteiger partial charge < -0.3 is 4.90 Å². The van der Waals surface area contributed by atoms with Gasteiger partial charge in [0.1, 0.15) is 0 Å². The third-order valence-electron chi connectivity index (χ3n) is 12.0. The van der Waals surface area contributed by atoms with Gasteiger partial charge in [-0.2, -0.15) is 0 Å². The zero-order chi connectivity index (χ0) is 38.8. The van der Waals surface area contributed by atoms with Crippen LogP contribution in [0.5, 0.6) is 0 Å². The molecule has 0 radical (unpaired) electrons. The van der Waals surface area contributed by atoms with Crippen LogP contribution in [0.1, 0.15) is 25.0 Å². The summed E-state index contributed by atoms with van der Waals surface area (Å²) in [6.07, 6.45) is 0. The Morgan fingerprint density at radius 3 is 1.69 bits per heavy atom. The maximum atomic E-state index is 5.38. The number of rotatable bonds is 6. The van der Waals surface area contributed by atoms with Crippen molar-refractivity contribution >= 4 is 49.6 Å². The molecule has 3 heteroatoms.